The summed E-state index contributed by atoms with van der Waals surface area (Å²) in [4.78, 5) is 11.5. The fraction of sp³-hybridized carbons (Fsp3) is 0.235. The average molecular weight is 286 g/mol. The molecule has 0 aliphatic heterocycles. The van der Waals surface area contributed by atoms with Gasteiger partial charge in [0.05, 0.1) is 7.11 Å². The summed E-state index contributed by atoms with van der Waals surface area (Å²) in [6.45, 7) is 5.16. The van der Waals surface area contributed by atoms with Crippen LogP contribution in [0.25, 0.3) is 0 Å². The van der Waals surface area contributed by atoms with Crippen LogP contribution >= 0.6 is 0 Å². The van der Waals surface area contributed by atoms with Crippen LogP contribution in [0.1, 0.15) is 24.8 Å². The molecule has 21 heavy (non-hydrogen) atoms. The SMILES string of the molecule is C=C(C)C(=O)OC1=CCC(c2ccc(O)cc2OC)C=C1. The molecule has 4 heteroatoms. The van der Waals surface area contributed by atoms with Crippen molar-refractivity contribution in [3.8, 4) is 11.5 Å². The van der Waals surface area contributed by atoms with E-state index in [9.17, 15) is 9.90 Å². The van der Waals surface area contributed by atoms with Crippen LogP contribution in [-0.2, 0) is 9.53 Å². The Morgan fingerprint density at radius 1 is 1.43 bits per heavy atom. The van der Waals surface area contributed by atoms with Crippen molar-refractivity contribution >= 4 is 5.97 Å². The van der Waals surface area contributed by atoms with Crippen LogP contribution < -0.4 is 4.74 Å². The summed E-state index contributed by atoms with van der Waals surface area (Å²) in [6.07, 6.45) is 6.27. The smallest absolute Gasteiger partial charge is 0.338 e. The van der Waals surface area contributed by atoms with Gasteiger partial charge < -0.3 is 14.6 Å². The monoisotopic (exact) mass is 286 g/mol. The maximum Gasteiger partial charge on any atom is 0.338 e. The van der Waals surface area contributed by atoms with Gasteiger partial charge in [0.2, 0.25) is 0 Å². The van der Waals surface area contributed by atoms with Crippen molar-refractivity contribution in [2.45, 2.75) is 19.3 Å². The third kappa shape index (κ3) is 3.54. The van der Waals surface area contributed by atoms with Gasteiger partial charge in [0.1, 0.15) is 17.3 Å². The number of carbonyl (C=O) groups excluding carboxylic acids is 1. The highest BCUT2D eigenvalue weighted by Crippen LogP contribution is 2.35. The van der Waals surface area contributed by atoms with Gasteiger partial charge in [-0.1, -0.05) is 18.7 Å². The molecule has 4 nitrogen and oxygen atoms in total. The highest BCUT2D eigenvalue weighted by atomic mass is 16.5. The van der Waals surface area contributed by atoms with Crippen molar-refractivity contribution in [2.75, 3.05) is 7.11 Å². The molecular formula is C17H18O4. The number of carbonyl (C=O) groups is 1. The average Bonchev–Trinajstić information content (AvgIpc) is 2.48. The summed E-state index contributed by atoms with van der Waals surface area (Å²) >= 11 is 0. The number of esters is 1. The highest BCUT2D eigenvalue weighted by molar-refractivity contribution is 5.87. The van der Waals surface area contributed by atoms with Crippen molar-refractivity contribution in [3.05, 3.63) is 59.9 Å². The lowest BCUT2D eigenvalue weighted by Gasteiger charge is -2.19. The Labute approximate surface area is 124 Å². The quantitative estimate of drug-likeness (QED) is 0.680. The first-order valence-corrected chi connectivity index (χ1v) is 6.64. The topological polar surface area (TPSA) is 55.8 Å². The zero-order chi connectivity index (χ0) is 15.4. The molecule has 110 valence electrons. The molecule has 0 bridgehead atoms. The van der Waals surface area contributed by atoms with Gasteiger partial charge in [0, 0.05) is 23.1 Å². The Morgan fingerprint density at radius 3 is 2.76 bits per heavy atom. The van der Waals surface area contributed by atoms with Crippen LogP contribution in [0, 0.1) is 0 Å². The summed E-state index contributed by atoms with van der Waals surface area (Å²) in [5.74, 6) is 1.03. The third-order valence-corrected chi connectivity index (χ3v) is 3.24. The molecule has 0 radical (unpaired) electrons. The molecule has 1 aromatic rings. The Hall–Kier alpha value is -2.49. The molecule has 0 saturated heterocycles. The van der Waals surface area contributed by atoms with E-state index >= 15 is 0 Å². The molecule has 1 aliphatic rings. The lowest BCUT2D eigenvalue weighted by atomic mass is 9.91. The number of phenols is 1. The lowest BCUT2D eigenvalue weighted by Crippen LogP contribution is -2.07. The van der Waals surface area contributed by atoms with Gasteiger partial charge in [0.25, 0.3) is 0 Å². The minimum absolute atomic E-state index is 0.118. The van der Waals surface area contributed by atoms with Crippen LogP contribution in [-0.4, -0.2) is 18.2 Å². The van der Waals surface area contributed by atoms with E-state index in [4.69, 9.17) is 9.47 Å². The van der Waals surface area contributed by atoms with Crippen LogP contribution in [0.15, 0.2) is 54.3 Å². The zero-order valence-corrected chi connectivity index (χ0v) is 12.1. The van der Waals surface area contributed by atoms with E-state index in [1.165, 1.54) is 0 Å². The van der Waals surface area contributed by atoms with E-state index in [2.05, 4.69) is 6.58 Å². The van der Waals surface area contributed by atoms with E-state index in [1.807, 2.05) is 18.2 Å². The van der Waals surface area contributed by atoms with E-state index in [0.717, 1.165) is 5.56 Å². The van der Waals surface area contributed by atoms with Crippen LogP contribution in [0.2, 0.25) is 0 Å². The van der Waals surface area contributed by atoms with Crippen LogP contribution in [0.4, 0.5) is 0 Å². The highest BCUT2D eigenvalue weighted by Gasteiger charge is 2.17. The molecule has 1 aliphatic carbocycles. The molecule has 0 amide bonds. The molecule has 1 unspecified atom stereocenters. The minimum Gasteiger partial charge on any atom is -0.508 e. The number of ether oxygens (including phenoxy) is 2. The largest absolute Gasteiger partial charge is 0.508 e. The molecule has 0 spiro atoms. The number of methoxy groups -OCH3 is 1. The van der Waals surface area contributed by atoms with Crippen LogP contribution in [0.3, 0.4) is 0 Å². The van der Waals surface area contributed by atoms with Gasteiger partial charge in [-0.25, -0.2) is 4.79 Å². The van der Waals surface area contributed by atoms with E-state index < -0.39 is 5.97 Å². The Morgan fingerprint density at radius 2 is 2.19 bits per heavy atom. The summed E-state index contributed by atoms with van der Waals surface area (Å²) in [5, 5.41) is 9.48. The molecule has 0 aromatic heterocycles. The molecular weight excluding hydrogens is 268 g/mol. The van der Waals surface area contributed by atoms with E-state index in [1.54, 1.807) is 32.2 Å². The second-order valence-electron chi connectivity index (χ2n) is 4.90. The van der Waals surface area contributed by atoms with Gasteiger partial charge >= 0.3 is 5.97 Å². The summed E-state index contributed by atoms with van der Waals surface area (Å²) < 4.78 is 10.5. The van der Waals surface area contributed by atoms with Crippen molar-refractivity contribution in [1.29, 1.82) is 0 Å². The summed E-state index contributed by atoms with van der Waals surface area (Å²) in [5.41, 5.74) is 1.35. The number of aromatic hydroxyl groups is 1. The fourth-order valence-corrected chi connectivity index (χ4v) is 2.11. The zero-order valence-electron chi connectivity index (χ0n) is 12.1. The number of hydrogen-bond donors (Lipinski definition) is 1. The van der Waals surface area contributed by atoms with Gasteiger partial charge in [-0.3, -0.25) is 0 Å². The molecule has 0 heterocycles. The molecule has 1 N–H and O–H groups in total. The second-order valence-corrected chi connectivity index (χ2v) is 4.90. The normalized spacial score (nSPS) is 17.0. The predicted octanol–water partition coefficient (Wildman–Crippen LogP) is 3.45. The van der Waals surface area contributed by atoms with Crippen molar-refractivity contribution in [2.24, 2.45) is 0 Å². The second kappa shape index (κ2) is 6.31. The number of rotatable bonds is 4. The third-order valence-electron chi connectivity index (χ3n) is 3.24. The molecule has 0 fully saturated rings. The maximum atomic E-state index is 11.5. The van der Waals surface area contributed by atoms with Crippen molar-refractivity contribution in [3.63, 3.8) is 0 Å². The van der Waals surface area contributed by atoms with Crippen molar-refractivity contribution in [1.82, 2.24) is 0 Å². The minimum atomic E-state index is -0.424. The number of phenolic OH excluding ortho intramolecular Hbond substituents is 1. The van der Waals surface area contributed by atoms with Gasteiger partial charge in [-0.05, 0) is 31.6 Å². The first-order valence-electron chi connectivity index (χ1n) is 6.64. The predicted molar refractivity (Wildman–Crippen MR) is 80.1 cm³/mol. The van der Waals surface area contributed by atoms with E-state index in [-0.39, 0.29) is 11.7 Å². The summed E-state index contributed by atoms with van der Waals surface area (Å²) in [6, 6.07) is 5.05. The van der Waals surface area contributed by atoms with Gasteiger partial charge in [-0.2, -0.15) is 0 Å². The Kier molecular flexibility index (Phi) is 4.48. The maximum absolute atomic E-state index is 11.5. The number of hydrogen-bond acceptors (Lipinski definition) is 4. The van der Waals surface area contributed by atoms with Gasteiger partial charge in [-0.15, -0.1) is 0 Å². The number of benzene rings is 1. The fourth-order valence-electron chi connectivity index (χ4n) is 2.11. The van der Waals surface area contributed by atoms with Crippen molar-refractivity contribution < 1.29 is 19.4 Å². The lowest BCUT2D eigenvalue weighted by molar-refractivity contribution is -0.134. The van der Waals surface area contributed by atoms with E-state index in [0.29, 0.717) is 23.5 Å². The molecule has 2 rings (SSSR count). The van der Waals surface area contributed by atoms with Crippen LogP contribution in [0.5, 0.6) is 11.5 Å². The number of allylic oxidation sites excluding steroid dienone is 3. The molecule has 1 atom stereocenters. The Balaban J connectivity index is 2.11. The first-order chi connectivity index (χ1) is 10.0. The summed E-state index contributed by atoms with van der Waals surface area (Å²) in [7, 11) is 1.57. The Bertz CT molecular complexity index is 626. The first kappa shape index (κ1) is 14.9. The van der Waals surface area contributed by atoms with Gasteiger partial charge in [0.15, 0.2) is 0 Å². The molecule has 1 aromatic carbocycles. The molecule has 0 saturated carbocycles. The standard InChI is InChI=1S/C17H18O4/c1-11(2)17(19)21-14-7-4-12(5-8-14)15-9-6-13(18)10-16(15)20-3/h4,6-10,12,18H,1,5H2,2-3H3.